The van der Waals surface area contributed by atoms with E-state index in [-0.39, 0.29) is 23.3 Å². The monoisotopic (exact) mass is 484 g/mol. The van der Waals surface area contributed by atoms with Crippen LogP contribution in [0.25, 0.3) is 11.4 Å². The summed E-state index contributed by atoms with van der Waals surface area (Å²) in [4.78, 5) is 19.2. The van der Waals surface area contributed by atoms with Gasteiger partial charge in [0.2, 0.25) is 27.6 Å². The standard InChI is InChI=1S/C24H28N4O5S/c1-17-4-10-21(11-5-17)34(30,31)28-14-12-19(13-15-28)24(29)27(2)16-22-25-23(26-33-22)18-6-8-20(32-3)9-7-18/h4-11,19H,12-16H2,1-3H3. The molecule has 1 aromatic heterocycles. The zero-order chi connectivity index (χ0) is 24.3. The number of aryl methyl sites for hydroxylation is 1. The second-order valence-electron chi connectivity index (χ2n) is 8.43. The molecule has 3 aromatic rings. The number of hydrogen-bond acceptors (Lipinski definition) is 7. The highest BCUT2D eigenvalue weighted by molar-refractivity contribution is 7.89. The van der Waals surface area contributed by atoms with Gasteiger partial charge in [-0.15, -0.1) is 0 Å². The van der Waals surface area contributed by atoms with E-state index in [4.69, 9.17) is 9.26 Å². The predicted molar refractivity (Wildman–Crippen MR) is 125 cm³/mol. The fraction of sp³-hybridized carbons (Fsp3) is 0.375. The Morgan fingerprint density at radius 3 is 2.38 bits per heavy atom. The number of carbonyl (C=O) groups is 1. The number of ether oxygens (including phenoxy) is 1. The second kappa shape index (κ2) is 9.94. The Morgan fingerprint density at radius 2 is 1.76 bits per heavy atom. The van der Waals surface area contributed by atoms with E-state index in [1.54, 1.807) is 43.3 Å². The molecule has 10 heteroatoms. The first-order valence-electron chi connectivity index (χ1n) is 11.1. The highest BCUT2D eigenvalue weighted by Gasteiger charge is 2.33. The summed E-state index contributed by atoms with van der Waals surface area (Å²) in [6.45, 7) is 2.72. The van der Waals surface area contributed by atoms with Crippen molar-refractivity contribution in [2.45, 2.75) is 31.2 Å². The van der Waals surface area contributed by atoms with E-state index in [1.807, 2.05) is 31.2 Å². The molecule has 1 amide bonds. The molecule has 2 heterocycles. The molecule has 180 valence electrons. The minimum absolute atomic E-state index is 0.0587. The van der Waals surface area contributed by atoms with Crippen LogP contribution in [-0.2, 0) is 21.4 Å². The minimum atomic E-state index is -3.56. The number of methoxy groups -OCH3 is 1. The Kier molecular flexibility index (Phi) is 6.99. The number of benzene rings is 2. The van der Waals surface area contributed by atoms with Crippen LogP contribution in [0.4, 0.5) is 0 Å². The van der Waals surface area contributed by atoms with Crippen molar-refractivity contribution in [2.24, 2.45) is 5.92 Å². The van der Waals surface area contributed by atoms with Gasteiger partial charge in [-0.3, -0.25) is 4.79 Å². The minimum Gasteiger partial charge on any atom is -0.497 e. The molecule has 4 rings (SSSR count). The summed E-state index contributed by atoms with van der Waals surface area (Å²) < 4.78 is 37.7. The van der Waals surface area contributed by atoms with Gasteiger partial charge in [-0.05, 0) is 56.2 Å². The molecule has 0 radical (unpaired) electrons. The van der Waals surface area contributed by atoms with Crippen LogP contribution < -0.4 is 4.74 Å². The Labute approximate surface area is 199 Å². The summed E-state index contributed by atoms with van der Waals surface area (Å²) in [6.07, 6.45) is 0.935. The molecule has 34 heavy (non-hydrogen) atoms. The normalized spacial score (nSPS) is 15.3. The largest absolute Gasteiger partial charge is 0.497 e. The van der Waals surface area contributed by atoms with Gasteiger partial charge in [0.15, 0.2) is 0 Å². The SMILES string of the molecule is COc1ccc(-c2noc(CN(C)C(=O)C3CCN(S(=O)(=O)c4ccc(C)cc4)CC3)n2)cc1. The van der Waals surface area contributed by atoms with E-state index in [0.29, 0.717) is 37.6 Å². The summed E-state index contributed by atoms with van der Waals surface area (Å²) >= 11 is 0. The van der Waals surface area contributed by atoms with Crippen LogP contribution in [0.5, 0.6) is 5.75 Å². The van der Waals surface area contributed by atoms with Gasteiger partial charge in [0.05, 0.1) is 18.6 Å². The summed E-state index contributed by atoms with van der Waals surface area (Å²) in [5.41, 5.74) is 1.79. The molecular formula is C24H28N4O5S. The van der Waals surface area contributed by atoms with Crippen LogP contribution in [0.1, 0.15) is 24.3 Å². The first kappa shape index (κ1) is 23.9. The third-order valence-electron chi connectivity index (χ3n) is 6.03. The van der Waals surface area contributed by atoms with Crippen molar-refractivity contribution in [3.8, 4) is 17.1 Å². The molecule has 0 bridgehead atoms. The number of amides is 1. The lowest BCUT2D eigenvalue weighted by molar-refractivity contribution is -0.136. The van der Waals surface area contributed by atoms with Crippen LogP contribution in [0.2, 0.25) is 0 Å². The number of nitrogens with zero attached hydrogens (tertiary/aromatic N) is 4. The van der Waals surface area contributed by atoms with E-state index >= 15 is 0 Å². The fourth-order valence-corrected chi connectivity index (χ4v) is 5.44. The summed E-state index contributed by atoms with van der Waals surface area (Å²) in [5, 5.41) is 4.00. The maximum absolute atomic E-state index is 13.0. The molecule has 0 N–H and O–H groups in total. The van der Waals surface area contributed by atoms with Crippen molar-refractivity contribution in [3.63, 3.8) is 0 Å². The van der Waals surface area contributed by atoms with Crippen molar-refractivity contribution in [3.05, 3.63) is 60.0 Å². The average Bonchev–Trinajstić information content (AvgIpc) is 3.32. The quantitative estimate of drug-likeness (QED) is 0.507. The van der Waals surface area contributed by atoms with Gasteiger partial charge in [-0.25, -0.2) is 8.42 Å². The van der Waals surface area contributed by atoms with Crippen LogP contribution in [0, 0.1) is 12.8 Å². The van der Waals surface area contributed by atoms with Crippen molar-refractivity contribution < 1.29 is 22.5 Å². The van der Waals surface area contributed by atoms with Crippen molar-refractivity contribution in [1.82, 2.24) is 19.3 Å². The molecule has 0 aliphatic carbocycles. The number of hydrogen-bond donors (Lipinski definition) is 0. The number of carbonyl (C=O) groups excluding carboxylic acids is 1. The highest BCUT2D eigenvalue weighted by atomic mass is 32.2. The Morgan fingerprint density at radius 1 is 1.12 bits per heavy atom. The number of piperidine rings is 1. The lowest BCUT2D eigenvalue weighted by Crippen LogP contribution is -2.43. The van der Waals surface area contributed by atoms with E-state index in [2.05, 4.69) is 10.1 Å². The van der Waals surface area contributed by atoms with E-state index in [0.717, 1.165) is 16.9 Å². The van der Waals surface area contributed by atoms with Crippen molar-refractivity contribution in [2.75, 3.05) is 27.2 Å². The third kappa shape index (κ3) is 5.13. The molecule has 0 spiro atoms. The van der Waals surface area contributed by atoms with Crippen molar-refractivity contribution in [1.29, 1.82) is 0 Å². The van der Waals surface area contributed by atoms with E-state index in [9.17, 15) is 13.2 Å². The number of sulfonamides is 1. The second-order valence-corrected chi connectivity index (χ2v) is 10.4. The zero-order valence-corrected chi connectivity index (χ0v) is 20.3. The van der Waals surface area contributed by atoms with E-state index in [1.165, 1.54) is 4.31 Å². The molecule has 2 aromatic carbocycles. The Bertz CT molecular complexity index is 1230. The molecule has 0 unspecified atom stereocenters. The Balaban J connectivity index is 1.33. The summed E-state index contributed by atoms with van der Waals surface area (Å²) in [5.74, 6) is 1.19. The van der Waals surface area contributed by atoms with Gasteiger partial charge in [-0.2, -0.15) is 9.29 Å². The summed E-state index contributed by atoms with van der Waals surface area (Å²) in [7, 11) is -0.270. The number of aromatic nitrogens is 2. The number of rotatable bonds is 7. The lowest BCUT2D eigenvalue weighted by Gasteiger charge is -2.32. The lowest BCUT2D eigenvalue weighted by atomic mass is 9.97. The molecule has 1 aliphatic rings. The smallest absolute Gasteiger partial charge is 0.246 e. The molecule has 1 saturated heterocycles. The van der Waals surface area contributed by atoms with E-state index < -0.39 is 10.0 Å². The van der Waals surface area contributed by atoms with Crippen LogP contribution in [-0.4, -0.2) is 60.9 Å². The first-order chi connectivity index (χ1) is 16.3. The average molecular weight is 485 g/mol. The predicted octanol–water partition coefficient (Wildman–Crippen LogP) is 3.11. The molecular weight excluding hydrogens is 456 g/mol. The highest BCUT2D eigenvalue weighted by Crippen LogP contribution is 2.26. The van der Waals surface area contributed by atoms with Crippen LogP contribution in [0.15, 0.2) is 57.9 Å². The molecule has 0 saturated carbocycles. The topological polar surface area (TPSA) is 106 Å². The van der Waals surface area contributed by atoms with Gasteiger partial charge >= 0.3 is 0 Å². The third-order valence-corrected chi connectivity index (χ3v) is 7.94. The molecule has 1 aliphatic heterocycles. The molecule has 9 nitrogen and oxygen atoms in total. The van der Waals surface area contributed by atoms with Crippen LogP contribution >= 0.6 is 0 Å². The maximum Gasteiger partial charge on any atom is 0.246 e. The fourth-order valence-electron chi connectivity index (χ4n) is 3.97. The first-order valence-corrected chi connectivity index (χ1v) is 12.5. The zero-order valence-electron chi connectivity index (χ0n) is 19.5. The van der Waals surface area contributed by atoms with Gasteiger partial charge in [0.25, 0.3) is 0 Å². The Hall–Kier alpha value is -3.24. The van der Waals surface area contributed by atoms with Gasteiger partial charge < -0.3 is 14.2 Å². The molecule has 1 fully saturated rings. The van der Waals surface area contributed by atoms with Crippen molar-refractivity contribution >= 4 is 15.9 Å². The summed E-state index contributed by atoms with van der Waals surface area (Å²) in [6, 6.07) is 14.1. The van der Waals surface area contributed by atoms with Crippen LogP contribution in [0.3, 0.4) is 0 Å². The maximum atomic E-state index is 13.0. The van der Waals surface area contributed by atoms with Gasteiger partial charge in [0.1, 0.15) is 5.75 Å². The van der Waals surface area contributed by atoms with Gasteiger partial charge in [-0.1, -0.05) is 22.9 Å². The van der Waals surface area contributed by atoms with Gasteiger partial charge in [0, 0.05) is 31.6 Å². The molecule has 0 atom stereocenters.